The van der Waals surface area contributed by atoms with Gasteiger partial charge in [0.25, 0.3) is 0 Å². The lowest BCUT2D eigenvalue weighted by atomic mass is 10.4. The van der Waals surface area contributed by atoms with Crippen LogP contribution in [0.3, 0.4) is 0 Å². The van der Waals surface area contributed by atoms with E-state index in [-0.39, 0.29) is 0 Å². The van der Waals surface area contributed by atoms with Gasteiger partial charge in [0.2, 0.25) is 0 Å². The highest BCUT2D eigenvalue weighted by Gasteiger charge is 2.55. The van der Waals surface area contributed by atoms with Crippen LogP contribution in [0.5, 0.6) is 0 Å². The molecule has 0 radical (unpaired) electrons. The number of alkyl halides is 1. The fourth-order valence-corrected chi connectivity index (χ4v) is 5.04. The van der Waals surface area contributed by atoms with Gasteiger partial charge < -0.3 is 0 Å². The van der Waals surface area contributed by atoms with Crippen molar-refractivity contribution in [2.45, 2.75) is 21.6 Å². The van der Waals surface area contributed by atoms with Gasteiger partial charge in [-0.05, 0) is 12.8 Å². The minimum atomic E-state index is 0.696. The topological polar surface area (TPSA) is 3.24 Å². The largest absolute Gasteiger partial charge is 0.223 e. The average Bonchev–Trinajstić information content (AvgIpc) is 2.57. The molecule has 2 fully saturated rings. The molecule has 0 bridgehead atoms. The van der Waals surface area contributed by atoms with Crippen molar-refractivity contribution in [1.29, 1.82) is 0 Å². The Hall–Kier alpha value is 1.77. The zero-order chi connectivity index (χ0) is 6.48. The number of thioether (sulfide) groups is 1. The SMILES string of the molecule is I[C@H]1N(I)CSC12CC2. The van der Waals surface area contributed by atoms with Crippen molar-refractivity contribution >= 4 is 57.2 Å². The maximum absolute atomic E-state index is 2.56. The zero-order valence-electron chi connectivity index (χ0n) is 4.81. The fourth-order valence-electron chi connectivity index (χ4n) is 1.09. The summed E-state index contributed by atoms with van der Waals surface area (Å²) in [6.45, 7) is 0. The van der Waals surface area contributed by atoms with E-state index in [2.05, 4.69) is 60.3 Å². The lowest BCUT2D eigenvalue weighted by molar-refractivity contribution is 0.584. The smallest absolute Gasteiger partial charge is 0.0865 e. The summed E-state index contributed by atoms with van der Waals surface area (Å²) in [4.78, 5) is 0. The van der Waals surface area contributed by atoms with Crippen molar-refractivity contribution in [3.8, 4) is 0 Å². The summed E-state index contributed by atoms with van der Waals surface area (Å²) in [7, 11) is 0. The van der Waals surface area contributed by atoms with Crippen LogP contribution in [0.2, 0.25) is 0 Å². The standard InChI is InChI=1S/C5H7I2NS/c6-4-5(1-2-5)9-3-8(4)7/h4H,1-3H2/t4-/m0/s1. The molecule has 2 aliphatic rings. The molecule has 1 nitrogen and oxygen atoms in total. The first-order chi connectivity index (χ1) is 4.25. The van der Waals surface area contributed by atoms with Crippen molar-refractivity contribution in [3.63, 3.8) is 0 Å². The minimum absolute atomic E-state index is 0.696. The zero-order valence-corrected chi connectivity index (χ0v) is 9.94. The van der Waals surface area contributed by atoms with Gasteiger partial charge in [-0.2, -0.15) is 0 Å². The first kappa shape index (κ1) is 7.42. The summed E-state index contributed by atoms with van der Waals surface area (Å²) in [6, 6.07) is 0. The number of hydrogen-bond donors (Lipinski definition) is 0. The summed E-state index contributed by atoms with van der Waals surface area (Å²) < 4.78 is 3.90. The third-order valence-electron chi connectivity index (χ3n) is 1.90. The summed E-state index contributed by atoms with van der Waals surface area (Å²) in [5.74, 6) is 1.23. The highest BCUT2D eigenvalue weighted by atomic mass is 127. The van der Waals surface area contributed by atoms with Crippen LogP contribution in [0, 0.1) is 0 Å². The first-order valence-corrected chi connectivity index (χ1v) is 6.15. The molecule has 0 aromatic carbocycles. The lowest BCUT2D eigenvalue weighted by Crippen LogP contribution is -2.21. The van der Waals surface area contributed by atoms with Crippen LogP contribution in [0.25, 0.3) is 0 Å². The number of nitrogens with zero attached hydrogens (tertiary/aromatic N) is 1. The van der Waals surface area contributed by atoms with Gasteiger partial charge in [0.1, 0.15) is 0 Å². The summed E-state index contributed by atoms with van der Waals surface area (Å²) in [5, 5.41) is 0. The van der Waals surface area contributed by atoms with Gasteiger partial charge in [-0.15, -0.1) is 11.8 Å². The second-order valence-electron chi connectivity index (χ2n) is 2.57. The van der Waals surface area contributed by atoms with Crippen molar-refractivity contribution in [2.75, 3.05) is 5.88 Å². The van der Waals surface area contributed by atoms with Crippen LogP contribution in [0.15, 0.2) is 0 Å². The van der Waals surface area contributed by atoms with Crippen LogP contribution in [0.4, 0.5) is 0 Å². The Kier molecular flexibility index (Phi) is 1.96. The van der Waals surface area contributed by atoms with E-state index in [4.69, 9.17) is 0 Å². The van der Waals surface area contributed by atoms with Gasteiger partial charge in [0.15, 0.2) is 0 Å². The van der Waals surface area contributed by atoms with Crippen molar-refractivity contribution < 1.29 is 0 Å². The number of hydrogen-bond acceptors (Lipinski definition) is 2. The molecular weight excluding hydrogens is 360 g/mol. The molecule has 4 heteroatoms. The quantitative estimate of drug-likeness (QED) is 0.280. The molecule has 1 aliphatic heterocycles. The van der Waals surface area contributed by atoms with E-state index in [1.165, 1.54) is 18.7 Å². The molecule has 0 aromatic heterocycles. The van der Waals surface area contributed by atoms with Crippen molar-refractivity contribution in [2.24, 2.45) is 0 Å². The third kappa shape index (κ3) is 1.14. The monoisotopic (exact) mass is 367 g/mol. The second-order valence-corrected chi connectivity index (χ2v) is 6.35. The molecule has 1 atom stereocenters. The molecule has 0 amide bonds. The fraction of sp³-hybridized carbons (Fsp3) is 1.00. The molecule has 1 aliphatic carbocycles. The molecule has 1 heterocycles. The lowest BCUT2D eigenvalue weighted by Gasteiger charge is -2.13. The van der Waals surface area contributed by atoms with Gasteiger partial charge in [-0.1, -0.05) is 22.6 Å². The van der Waals surface area contributed by atoms with E-state index in [1.54, 1.807) is 0 Å². The maximum Gasteiger partial charge on any atom is 0.0865 e. The molecule has 1 saturated carbocycles. The Balaban J connectivity index is 2.13. The number of halogens is 2. The molecule has 0 unspecified atom stereocenters. The minimum Gasteiger partial charge on any atom is -0.223 e. The van der Waals surface area contributed by atoms with E-state index in [1.807, 2.05) is 0 Å². The molecule has 1 saturated heterocycles. The Morgan fingerprint density at radius 3 is 2.44 bits per heavy atom. The average molecular weight is 367 g/mol. The normalized spacial score (nSPS) is 40.0. The third-order valence-corrected chi connectivity index (χ3v) is 8.23. The van der Waals surface area contributed by atoms with Crippen LogP contribution < -0.4 is 0 Å². The van der Waals surface area contributed by atoms with Gasteiger partial charge >= 0.3 is 0 Å². The Morgan fingerprint density at radius 1 is 1.56 bits per heavy atom. The second kappa shape index (κ2) is 2.38. The van der Waals surface area contributed by atoms with Gasteiger partial charge in [-0.25, -0.2) is 3.11 Å². The van der Waals surface area contributed by atoms with Crippen LogP contribution >= 0.6 is 57.2 Å². The van der Waals surface area contributed by atoms with Gasteiger partial charge in [0.05, 0.1) is 9.93 Å². The van der Waals surface area contributed by atoms with E-state index in [0.717, 1.165) is 4.05 Å². The predicted octanol–water partition coefficient (Wildman–Crippen LogP) is 2.64. The van der Waals surface area contributed by atoms with E-state index >= 15 is 0 Å². The van der Waals surface area contributed by atoms with Crippen LogP contribution in [-0.2, 0) is 0 Å². The molecular formula is C5H7I2NS. The summed E-state index contributed by atoms with van der Waals surface area (Å²) >= 11 is 7.13. The van der Waals surface area contributed by atoms with Crippen molar-refractivity contribution in [1.82, 2.24) is 3.11 Å². The van der Waals surface area contributed by atoms with Gasteiger partial charge in [-0.3, -0.25) is 0 Å². The molecule has 0 N–H and O–H groups in total. The Bertz CT molecular complexity index is 137. The molecule has 0 aromatic rings. The summed E-state index contributed by atoms with van der Waals surface area (Å²) in [6.07, 6.45) is 2.90. The molecule has 1 spiro atoms. The highest BCUT2D eigenvalue weighted by molar-refractivity contribution is 14.1. The van der Waals surface area contributed by atoms with Crippen LogP contribution in [0.1, 0.15) is 12.8 Å². The molecule has 52 valence electrons. The first-order valence-electron chi connectivity index (χ1n) is 2.95. The van der Waals surface area contributed by atoms with E-state index < -0.39 is 0 Å². The van der Waals surface area contributed by atoms with Crippen LogP contribution in [-0.4, -0.2) is 17.8 Å². The number of rotatable bonds is 0. The molecule has 9 heavy (non-hydrogen) atoms. The summed E-state index contributed by atoms with van der Waals surface area (Å²) in [5.41, 5.74) is 0. The molecule has 2 rings (SSSR count). The Labute approximate surface area is 87.0 Å². The predicted molar refractivity (Wildman–Crippen MR) is 58.1 cm³/mol. The van der Waals surface area contributed by atoms with E-state index in [9.17, 15) is 0 Å². The van der Waals surface area contributed by atoms with E-state index in [0.29, 0.717) is 4.75 Å². The highest BCUT2D eigenvalue weighted by Crippen LogP contribution is 2.59. The Morgan fingerprint density at radius 2 is 2.22 bits per heavy atom. The maximum atomic E-state index is 2.56. The van der Waals surface area contributed by atoms with Gasteiger partial charge in [0, 0.05) is 27.6 Å². The van der Waals surface area contributed by atoms with Crippen molar-refractivity contribution in [3.05, 3.63) is 0 Å².